The van der Waals surface area contributed by atoms with E-state index in [2.05, 4.69) is 18.7 Å². The van der Waals surface area contributed by atoms with Crippen LogP contribution >= 0.6 is 0 Å². The molecular weight excluding hydrogens is 206 g/mol. The molecule has 1 saturated carbocycles. The molecule has 1 saturated heterocycles. The predicted molar refractivity (Wildman–Crippen MR) is 60.4 cm³/mol. The fourth-order valence-corrected chi connectivity index (χ4v) is 2.86. The first-order valence-electron chi connectivity index (χ1n) is 6.06. The maximum absolute atomic E-state index is 10.9. The summed E-state index contributed by atoms with van der Waals surface area (Å²) >= 11 is 0. The smallest absolute Gasteiger partial charge is 0.334 e. The van der Waals surface area contributed by atoms with Gasteiger partial charge >= 0.3 is 5.97 Å². The zero-order valence-corrected chi connectivity index (χ0v) is 10.1. The Hall–Kier alpha value is -0.610. The molecule has 0 radical (unpaired) electrons. The minimum atomic E-state index is -0.832. The van der Waals surface area contributed by atoms with Gasteiger partial charge in [0.15, 0.2) is 6.10 Å². The second kappa shape index (κ2) is 4.34. The van der Waals surface area contributed by atoms with Gasteiger partial charge in [-0.05, 0) is 24.7 Å². The summed E-state index contributed by atoms with van der Waals surface area (Å²) in [6.45, 7) is 6.57. The van der Waals surface area contributed by atoms with Gasteiger partial charge in [-0.1, -0.05) is 13.8 Å². The van der Waals surface area contributed by atoms with E-state index in [1.54, 1.807) is 0 Å². The molecule has 0 bridgehead atoms. The van der Waals surface area contributed by atoms with Gasteiger partial charge < -0.3 is 9.84 Å². The number of carboxylic acid groups (broad SMARTS) is 1. The van der Waals surface area contributed by atoms with Gasteiger partial charge in [-0.2, -0.15) is 0 Å². The summed E-state index contributed by atoms with van der Waals surface area (Å²) < 4.78 is 5.24. The first-order chi connectivity index (χ1) is 7.48. The summed E-state index contributed by atoms with van der Waals surface area (Å²) in [7, 11) is 0. The summed E-state index contributed by atoms with van der Waals surface area (Å²) in [4.78, 5) is 13.2. The van der Waals surface area contributed by atoms with Crippen LogP contribution in [0.3, 0.4) is 0 Å². The van der Waals surface area contributed by atoms with Crippen LogP contribution in [0.2, 0.25) is 0 Å². The summed E-state index contributed by atoms with van der Waals surface area (Å²) in [5.41, 5.74) is 0.418. The standard InChI is InChI=1S/C12H21NO3/c1-12(2)4-3-9(7-12)13-5-6-16-10(8-13)11(14)15/h9-10H,3-8H2,1-2H3,(H,14,15). The summed E-state index contributed by atoms with van der Waals surface area (Å²) in [6.07, 6.45) is 2.99. The molecule has 0 amide bonds. The van der Waals surface area contributed by atoms with Crippen molar-refractivity contribution in [2.45, 2.75) is 45.3 Å². The number of hydrogen-bond donors (Lipinski definition) is 1. The van der Waals surface area contributed by atoms with Crippen molar-refractivity contribution in [3.8, 4) is 0 Å². The second-order valence-electron chi connectivity index (χ2n) is 5.75. The van der Waals surface area contributed by atoms with Gasteiger partial charge in [-0.15, -0.1) is 0 Å². The van der Waals surface area contributed by atoms with Gasteiger partial charge in [0.1, 0.15) is 0 Å². The zero-order valence-electron chi connectivity index (χ0n) is 10.1. The fourth-order valence-electron chi connectivity index (χ4n) is 2.86. The first-order valence-corrected chi connectivity index (χ1v) is 6.06. The highest BCUT2D eigenvalue weighted by Gasteiger charge is 2.37. The van der Waals surface area contributed by atoms with E-state index in [1.165, 1.54) is 19.3 Å². The van der Waals surface area contributed by atoms with Crippen LogP contribution in [0.15, 0.2) is 0 Å². The molecule has 1 aliphatic heterocycles. The lowest BCUT2D eigenvalue weighted by Crippen LogP contribution is -2.49. The lowest BCUT2D eigenvalue weighted by Gasteiger charge is -2.35. The van der Waals surface area contributed by atoms with Crippen LogP contribution in [0.1, 0.15) is 33.1 Å². The number of carboxylic acids is 1. The maximum atomic E-state index is 10.9. The van der Waals surface area contributed by atoms with Crippen molar-refractivity contribution in [3.05, 3.63) is 0 Å². The van der Waals surface area contributed by atoms with Crippen molar-refractivity contribution in [2.24, 2.45) is 5.41 Å². The van der Waals surface area contributed by atoms with Crippen molar-refractivity contribution in [1.82, 2.24) is 4.90 Å². The van der Waals surface area contributed by atoms with Crippen LogP contribution in [0.4, 0.5) is 0 Å². The third-order valence-electron chi connectivity index (χ3n) is 3.83. The number of carbonyl (C=O) groups is 1. The third kappa shape index (κ3) is 2.55. The summed E-state index contributed by atoms with van der Waals surface area (Å²) in [6, 6.07) is 0.556. The van der Waals surface area contributed by atoms with Crippen LogP contribution in [0, 0.1) is 5.41 Å². The zero-order chi connectivity index (χ0) is 11.8. The Labute approximate surface area is 96.6 Å². The molecule has 2 rings (SSSR count). The lowest BCUT2D eigenvalue weighted by atomic mass is 9.91. The van der Waals surface area contributed by atoms with Gasteiger partial charge in [0.2, 0.25) is 0 Å². The van der Waals surface area contributed by atoms with Crippen molar-refractivity contribution < 1.29 is 14.6 Å². The van der Waals surface area contributed by atoms with Crippen LogP contribution in [-0.4, -0.2) is 47.8 Å². The summed E-state index contributed by atoms with van der Waals surface area (Å²) in [5, 5.41) is 8.95. The molecule has 1 heterocycles. The highest BCUT2D eigenvalue weighted by Crippen LogP contribution is 2.39. The van der Waals surface area contributed by atoms with Crippen molar-refractivity contribution in [2.75, 3.05) is 19.7 Å². The molecule has 1 aliphatic carbocycles. The number of rotatable bonds is 2. The van der Waals surface area contributed by atoms with Crippen LogP contribution < -0.4 is 0 Å². The lowest BCUT2D eigenvalue weighted by molar-refractivity contribution is -0.157. The van der Waals surface area contributed by atoms with Crippen molar-refractivity contribution in [3.63, 3.8) is 0 Å². The number of hydrogen-bond acceptors (Lipinski definition) is 3. The van der Waals surface area contributed by atoms with Gasteiger partial charge in [0.05, 0.1) is 6.61 Å². The van der Waals surface area contributed by atoms with E-state index in [4.69, 9.17) is 9.84 Å². The Morgan fingerprint density at radius 1 is 1.50 bits per heavy atom. The van der Waals surface area contributed by atoms with E-state index in [0.717, 1.165) is 6.54 Å². The quantitative estimate of drug-likeness (QED) is 0.773. The molecule has 0 spiro atoms. The molecule has 1 N–H and O–H groups in total. The molecule has 2 aliphatic rings. The Kier molecular flexibility index (Phi) is 3.22. The summed E-state index contributed by atoms with van der Waals surface area (Å²) in [5.74, 6) is -0.832. The number of aliphatic carboxylic acids is 1. The Morgan fingerprint density at radius 2 is 2.25 bits per heavy atom. The highest BCUT2D eigenvalue weighted by atomic mass is 16.5. The molecule has 0 aromatic heterocycles. The SMILES string of the molecule is CC1(C)CCC(N2CCOC(C(=O)O)C2)C1. The Morgan fingerprint density at radius 3 is 2.81 bits per heavy atom. The molecule has 0 aromatic rings. The van der Waals surface area contributed by atoms with Crippen molar-refractivity contribution in [1.29, 1.82) is 0 Å². The van der Waals surface area contributed by atoms with Gasteiger partial charge in [-0.25, -0.2) is 4.79 Å². The minimum Gasteiger partial charge on any atom is -0.479 e. The van der Waals surface area contributed by atoms with E-state index >= 15 is 0 Å². The number of nitrogens with zero attached hydrogens (tertiary/aromatic N) is 1. The number of morpholine rings is 1. The molecular formula is C12H21NO3. The van der Waals surface area contributed by atoms with E-state index in [1.807, 2.05) is 0 Å². The van der Waals surface area contributed by atoms with E-state index in [9.17, 15) is 4.79 Å². The normalized spacial score (nSPS) is 35.1. The van der Waals surface area contributed by atoms with E-state index < -0.39 is 12.1 Å². The Balaban J connectivity index is 1.93. The fraction of sp³-hybridized carbons (Fsp3) is 0.917. The minimum absolute atomic E-state index is 0.418. The average molecular weight is 227 g/mol. The largest absolute Gasteiger partial charge is 0.479 e. The predicted octanol–water partition coefficient (Wildman–Crippen LogP) is 1.35. The maximum Gasteiger partial charge on any atom is 0.334 e. The van der Waals surface area contributed by atoms with Crippen molar-refractivity contribution >= 4 is 5.97 Å². The van der Waals surface area contributed by atoms with E-state index in [-0.39, 0.29) is 0 Å². The molecule has 0 aromatic carbocycles. The molecule has 2 fully saturated rings. The third-order valence-corrected chi connectivity index (χ3v) is 3.83. The van der Waals surface area contributed by atoms with Crippen LogP contribution in [-0.2, 0) is 9.53 Å². The van der Waals surface area contributed by atoms with E-state index in [0.29, 0.717) is 24.6 Å². The Bertz CT molecular complexity index is 277. The second-order valence-corrected chi connectivity index (χ2v) is 5.75. The molecule has 4 heteroatoms. The van der Waals surface area contributed by atoms with Crippen LogP contribution in [0.5, 0.6) is 0 Å². The van der Waals surface area contributed by atoms with Gasteiger partial charge in [0.25, 0.3) is 0 Å². The average Bonchev–Trinajstić information content (AvgIpc) is 2.59. The number of ether oxygens (including phenoxy) is 1. The molecule has 4 nitrogen and oxygen atoms in total. The molecule has 92 valence electrons. The topological polar surface area (TPSA) is 49.8 Å². The first kappa shape index (κ1) is 11.9. The molecule has 2 unspecified atom stereocenters. The van der Waals surface area contributed by atoms with Crippen LogP contribution in [0.25, 0.3) is 0 Å². The van der Waals surface area contributed by atoms with Gasteiger partial charge in [0, 0.05) is 19.1 Å². The molecule has 2 atom stereocenters. The molecule has 16 heavy (non-hydrogen) atoms. The monoisotopic (exact) mass is 227 g/mol. The highest BCUT2D eigenvalue weighted by molar-refractivity contribution is 5.72. The van der Waals surface area contributed by atoms with Gasteiger partial charge in [-0.3, -0.25) is 4.90 Å².